The summed E-state index contributed by atoms with van der Waals surface area (Å²) in [6.07, 6.45) is 0. The van der Waals surface area contributed by atoms with E-state index in [1.165, 1.54) is 0 Å². The Bertz CT molecular complexity index is 3.90. The molecule has 0 aromatic rings. The van der Waals surface area contributed by atoms with Crippen LogP contribution in [0.15, 0.2) is 0 Å². The van der Waals surface area contributed by atoms with E-state index in [1.54, 1.807) is 0 Å². The summed E-state index contributed by atoms with van der Waals surface area (Å²) in [7, 11) is 0. The molecule has 0 nitrogen and oxygen atoms in total. The predicted molar refractivity (Wildman–Crippen MR) is 5.75 cm³/mol. The van der Waals surface area contributed by atoms with Crippen molar-refractivity contribution in [2.75, 3.05) is 0 Å². The van der Waals surface area contributed by atoms with Crippen molar-refractivity contribution in [2.24, 2.45) is 0 Å². The van der Waals surface area contributed by atoms with E-state index >= 15 is 0 Å². The molecule has 0 aliphatic heterocycles. The maximum atomic E-state index is 0. The van der Waals surface area contributed by atoms with Crippen LogP contribution in [0.2, 0.25) is 0 Å². The second-order valence-electron chi connectivity index (χ2n) is 0. The summed E-state index contributed by atoms with van der Waals surface area (Å²) >= 11 is 0. The van der Waals surface area contributed by atoms with Gasteiger partial charge in [-0.1, -0.05) is 0 Å². The Hall–Kier alpha value is 2.01. The fourth-order valence-electron chi connectivity index (χ4n) is 0. The van der Waals surface area contributed by atoms with E-state index in [0.29, 0.717) is 0 Å². The van der Waals surface area contributed by atoms with Gasteiger partial charge < -0.3 is 62.0 Å². The molecule has 0 N–H and O–H groups in total. The van der Waals surface area contributed by atoms with Crippen molar-refractivity contribution in [3.8, 4) is 0 Å². The molecule has 0 unspecified atom stereocenters. The van der Waals surface area contributed by atoms with Gasteiger partial charge in [-0.05, 0) is 0 Å². The molecule has 0 saturated carbocycles. The van der Waals surface area contributed by atoms with Crippen LogP contribution in [-0.2, 0) is 0 Å². The molecule has 0 amide bonds. The molecule has 0 aromatic carbocycles. The van der Waals surface area contributed by atoms with Crippen LogP contribution in [0.1, 0.15) is 0 Å². The summed E-state index contributed by atoms with van der Waals surface area (Å²) in [6, 6.07) is 0. The Morgan fingerprint density at radius 1 is 0.333 bits per heavy atom. The molecule has 0 rings (SSSR count). The molecule has 40 valence electrons. The van der Waals surface area contributed by atoms with Crippen LogP contribution in [0.5, 0.6) is 0 Å². The molecule has 0 fully saturated rings. The smallest absolute Gasteiger partial charge is 1.00 e. The molecular weight excluding hydrogens is 252 g/mol. The molecule has 0 saturated heterocycles. The molecule has 0 aliphatic carbocycles. The van der Waals surface area contributed by atoms with Crippen molar-refractivity contribution >= 4 is 18.0 Å². The molecule has 0 atom stereocenters. The number of hydrogen-bond acceptors (Lipinski definition) is 0. The zero-order chi connectivity index (χ0) is 0. The fraction of sp³-hybridized carbons (Fsp3) is 0. The third-order valence-electron chi connectivity index (χ3n) is 0. The first-order valence-electron chi connectivity index (χ1n) is 0. The second-order valence-corrected chi connectivity index (χ2v) is 0. The van der Waals surface area contributed by atoms with Gasteiger partial charge in [0.1, 0.15) is 0 Å². The van der Waals surface area contributed by atoms with E-state index in [4.69, 9.17) is 0 Å². The molecule has 0 spiro atoms. The Labute approximate surface area is 79.6 Å². The van der Waals surface area contributed by atoms with Crippen LogP contribution in [0.3, 0.4) is 0 Å². The van der Waals surface area contributed by atoms with Crippen molar-refractivity contribution in [3.63, 3.8) is 0 Å². The Kier molecular flexibility index (Phi) is 1020. The SMILES string of the molecule is [As+5].[Cl-].[Cl-].[Cl-].[Cl-].[Cl-]. The summed E-state index contributed by atoms with van der Waals surface area (Å²) in [4.78, 5) is 0. The van der Waals surface area contributed by atoms with Crippen LogP contribution < -0.4 is 62.0 Å². The van der Waals surface area contributed by atoms with Gasteiger partial charge in [0, 0.05) is 0 Å². The minimum Gasteiger partial charge on any atom is -1.00 e. The molecule has 0 radical (unpaired) electrons. The van der Waals surface area contributed by atoms with Crippen LogP contribution in [-0.4, -0.2) is 18.0 Å². The molecule has 0 aromatic heterocycles. The average molecular weight is 252 g/mol. The van der Waals surface area contributed by atoms with E-state index in [1.807, 2.05) is 0 Å². The third-order valence-corrected chi connectivity index (χ3v) is 0. The van der Waals surface area contributed by atoms with Crippen LogP contribution in [0.25, 0.3) is 0 Å². The van der Waals surface area contributed by atoms with E-state index in [-0.39, 0.29) is 80.0 Å². The Morgan fingerprint density at radius 2 is 0.333 bits per heavy atom. The van der Waals surface area contributed by atoms with E-state index < -0.39 is 0 Å². The molecule has 0 heterocycles. The summed E-state index contributed by atoms with van der Waals surface area (Å²) in [6.45, 7) is 0. The van der Waals surface area contributed by atoms with Crippen LogP contribution >= 0.6 is 0 Å². The van der Waals surface area contributed by atoms with Crippen molar-refractivity contribution in [1.29, 1.82) is 0 Å². The van der Waals surface area contributed by atoms with Crippen molar-refractivity contribution in [2.45, 2.75) is 0 Å². The van der Waals surface area contributed by atoms with Gasteiger partial charge in [-0.25, -0.2) is 0 Å². The van der Waals surface area contributed by atoms with Gasteiger partial charge in [0.15, 0.2) is 0 Å². The fourth-order valence-corrected chi connectivity index (χ4v) is 0. The summed E-state index contributed by atoms with van der Waals surface area (Å²) in [5.41, 5.74) is 0. The summed E-state index contributed by atoms with van der Waals surface area (Å²) in [5, 5.41) is 0. The van der Waals surface area contributed by atoms with Crippen molar-refractivity contribution < 1.29 is 62.0 Å². The maximum Gasteiger partial charge on any atom is 5.00 e. The van der Waals surface area contributed by atoms with E-state index in [0.717, 1.165) is 0 Å². The molecule has 6 heteroatoms. The predicted octanol–water partition coefficient (Wildman–Crippen LogP) is -15.4. The first-order chi connectivity index (χ1) is 0. The Morgan fingerprint density at radius 3 is 0.333 bits per heavy atom. The first-order valence-corrected chi connectivity index (χ1v) is 0. The van der Waals surface area contributed by atoms with Gasteiger partial charge in [-0.15, -0.1) is 0 Å². The Balaban J connectivity index is 0. The van der Waals surface area contributed by atoms with Crippen LogP contribution in [0.4, 0.5) is 0 Å². The number of hydrogen-bond donors (Lipinski definition) is 0. The van der Waals surface area contributed by atoms with Crippen molar-refractivity contribution in [3.05, 3.63) is 0 Å². The van der Waals surface area contributed by atoms with Gasteiger partial charge in [-0.2, -0.15) is 0 Å². The largest absolute Gasteiger partial charge is 5.00 e. The maximum absolute atomic E-state index is 0. The van der Waals surface area contributed by atoms with Gasteiger partial charge >= 0.3 is 18.0 Å². The van der Waals surface area contributed by atoms with Gasteiger partial charge in [0.2, 0.25) is 0 Å². The quantitative estimate of drug-likeness (QED) is 0.376. The zero-order valence-electron chi connectivity index (χ0n) is 2.34. The monoisotopic (exact) mass is 250 g/mol. The second kappa shape index (κ2) is 62.7. The zero-order valence-corrected chi connectivity index (χ0v) is 7.99. The van der Waals surface area contributed by atoms with Crippen LogP contribution in [0, 0.1) is 0 Å². The molecular formula is AsCl5. The third kappa shape index (κ3) is 37.4. The normalized spacial score (nSPS) is 0. The topological polar surface area (TPSA) is 0 Å². The minimum absolute atomic E-state index is 0. The molecule has 0 aliphatic rings. The summed E-state index contributed by atoms with van der Waals surface area (Å²) in [5.74, 6) is 0. The van der Waals surface area contributed by atoms with Gasteiger partial charge in [0.25, 0.3) is 0 Å². The minimum atomic E-state index is 0. The average Bonchev–Trinajstić information content (AvgIpc) is 0. The van der Waals surface area contributed by atoms with Gasteiger partial charge in [-0.3, -0.25) is 0 Å². The first kappa shape index (κ1) is 97.5. The standard InChI is InChI=1S/As.5ClH/h;5*1H/q+5;;;;;/p-5. The molecule has 0 bridgehead atoms. The summed E-state index contributed by atoms with van der Waals surface area (Å²) < 4.78 is 0. The van der Waals surface area contributed by atoms with Crippen molar-refractivity contribution in [1.82, 2.24) is 0 Å². The number of rotatable bonds is 0. The number of halogens is 5. The van der Waals surface area contributed by atoms with Gasteiger partial charge in [0.05, 0.1) is 0 Å². The van der Waals surface area contributed by atoms with E-state index in [2.05, 4.69) is 0 Å². The van der Waals surface area contributed by atoms with E-state index in [9.17, 15) is 0 Å². The molecule has 6 heavy (non-hydrogen) atoms.